The van der Waals surface area contributed by atoms with E-state index in [1.54, 1.807) is 39.0 Å². The molecule has 0 saturated carbocycles. The molecule has 12 nitrogen and oxygen atoms in total. The van der Waals surface area contributed by atoms with E-state index in [0.717, 1.165) is 0 Å². The van der Waals surface area contributed by atoms with Crippen LogP contribution in [0.15, 0.2) is 29.6 Å². The molecular weight excluding hydrogens is 574 g/mol. The number of amides is 2. The molecule has 43 heavy (non-hydrogen) atoms. The Morgan fingerprint density at radius 3 is 2.33 bits per heavy atom. The molecule has 0 N–H and O–H groups in total. The lowest BCUT2D eigenvalue weighted by Gasteiger charge is -2.29. The van der Waals surface area contributed by atoms with Crippen LogP contribution in [0.3, 0.4) is 0 Å². The summed E-state index contributed by atoms with van der Waals surface area (Å²) < 4.78 is 23.2. The standard InChI is InChI=1S/C30H39N5O7S/c1-17(2)35(28(38)42-30(6,7)8)22-12-10-11-20(31-22)24-32-19-13-14-43-23(19)25(33-24)40-18-15-21(26(36)39-9)34(16-18)27(37)41-29(3,4)5/h10-14,17-18,21H,15-16H2,1-9H3/t18-,21-/m0/s1. The van der Waals surface area contributed by atoms with Crippen molar-refractivity contribution in [1.82, 2.24) is 19.9 Å². The minimum absolute atomic E-state index is 0.105. The van der Waals surface area contributed by atoms with Gasteiger partial charge in [-0.05, 0) is 79.0 Å². The summed E-state index contributed by atoms with van der Waals surface area (Å²) in [4.78, 5) is 55.4. The molecule has 13 heteroatoms. The van der Waals surface area contributed by atoms with Gasteiger partial charge in [-0.25, -0.2) is 24.4 Å². The van der Waals surface area contributed by atoms with Gasteiger partial charge in [0.05, 0.1) is 19.2 Å². The summed E-state index contributed by atoms with van der Waals surface area (Å²) in [5.41, 5.74) is -0.333. The maximum atomic E-state index is 13.0. The molecule has 3 aromatic heterocycles. The Labute approximate surface area is 255 Å². The first kappa shape index (κ1) is 31.9. The second kappa shape index (κ2) is 12.3. The summed E-state index contributed by atoms with van der Waals surface area (Å²) in [7, 11) is 1.28. The number of carbonyl (C=O) groups is 3. The number of thiophene rings is 1. The molecule has 0 aromatic carbocycles. The fourth-order valence-corrected chi connectivity index (χ4v) is 5.28. The normalized spacial score (nSPS) is 17.2. The van der Waals surface area contributed by atoms with Gasteiger partial charge in [0.25, 0.3) is 0 Å². The third-order valence-electron chi connectivity index (χ3n) is 6.23. The average Bonchev–Trinajstić information content (AvgIpc) is 3.54. The number of ether oxygens (including phenoxy) is 4. The van der Waals surface area contributed by atoms with Gasteiger partial charge in [0, 0.05) is 12.5 Å². The predicted molar refractivity (Wildman–Crippen MR) is 162 cm³/mol. The van der Waals surface area contributed by atoms with Gasteiger partial charge in [-0.3, -0.25) is 9.80 Å². The Hall–Kier alpha value is -4.00. The predicted octanol–water partition coefficient (Wildman–Crippen LogP) is 5.83. The molecule has 0 aliphatic carbocycles. The van der Waals surface area contributed by atoms with Crippen molar-refractivity contribution in [3.05, 3.63) is 29.6 Å². The molecule has 0 unspecified atom stereocenters. The SMILES string of the molecule is COC(=O)[C@@H]1C[C@H](Oc2nc(-c3cccc(N(C(=O)OC(C)(C)C)C(C)C)n3)nc3ccsc23)CN1C(=O)OC(C)(C)C. The van der Waals surface area contributed by atoms with Crippen LogP contribution < -0.4 is 9.64 Å². The largest absolute Gasteiger partial charge is 0.471 e. The molecule has 4 rings (SSSR count). The summed E-state index contributed by atoms with van der Waals surface area (Å²) in [6, 6.07) is 6.01. The Morgan fingerprint density at radius 2 is 1.70 bits per heavy atom. The maximum absolute atomic E-state index is 13.0. The fraction of sp³-hybridized carbons (Fsp3) is 0.533. The molecule has 1 fully saturated rings. The summed E-state index contributed by atoms with van der Waals surface area (Å²) in [6.45, 7) is 14.6. The highest BCUT2D eigenvalue weighted by molar-refractivity contribution is 7.17. The third-order valence-corrected chi connectivity index (χ3v) is 7.12. The van der Waals surface area contributed by atoms with Gasteiger partial charge in [0.15, 0.2) is 5.82 Å². The number of methoxy groups -OCH3 is 1. The van der Waals surface area contributed by atoms with Gasteiger partial charge in [-0.1, -0.05) is 6.07 Å². The minimum Gasteiger partial charge on any atom is -0.471 e. The number of esters is 1. The average molecular weight is 614 g/mol. The van der Waals surface area contributed by atoms with Crippen molar-refractivity contribution in [2.24, 2.45) is 0 Å². The first-order valence-electron chi connectivity index (χ1n) is 14.1. The highest BCUT2D eigenvalue weighted by atomic mass is 32.1. The van der Waals surface area contributed by atoms with Crippen LogP contribution >= 0.6 is 11.3 Å². The molecule has 0 radical (unpaired) electrons. The Bertz CT molecular complexity index is 1490. The van der Waals surface area contributed by atoms with Crippen LogP contribution in [0.5, 0.6) is 5.88 Å². The number of likely N-dealkylation sites (tertiary alicyclic amines) is 1. The number of aromatic nitrogens is 3. The zero-order valence-corrected chi connectivity index (χ0v) is 26.9. The van der Waals surface area contributed by atoms with Crippen molar-refractivity contribution >= 4 is 45.5 Å². The van der Waals surface area contributed by atoms with Crippen molar-refractivity contribution in [2.75, 3.05) is 18.6 Å². The quantitative estimate of drug-likeness (QED) is 0.247. The lowest BCUT2D eigenvalue weighted by atomic mass is 10.2. The molecule has 1 saturated heterocycles. The monoisotopic (exact) mass is 613 g/mol. The molecule has 2 atom stereocenters. The van der Waals surface area contributed by atoms with E-state index in [0.29, 0.717) is 33.4 Å². The van der Waals surface area contributed by atoms with E-state index in [9.17, 15) is 14.4 Å². The number of nitrogens with zero attached hydrogens (tertiary/aromatic N) is 5. The zero-order valence-electron chi connectivity index (χ0n) is 26.0. The Balaban J connectivity index is 1.65. The van der Waals surface area contributed by atoms with Gasteiger partial charge in [0.1, 0.15) is 39.6 Å². The maximum Gasteiger partial charge on any atom is 0.416 e. The number of fused-ring (bicyclic) bond motifs is 1. The van der Waals surface area contributed by atoms with Crippen LogP contribution in [-0.4, -0.2) is 81.1 Å². The molecule has 0 bridgehead atoms. The second-order valence-electron chi connectivity index (χ2n) is 12.5. The van der Waals surface area contributed by atoms with Gasteiger partial charge in [-0.15, -0.1) is 11.3 Å². The van der Waals surface area contributed by atoms with Crippen molar-refractivity contribution in [3.63, 3.8) is 0 Å². The number of hydrogen-bond acceptors (Lipinski definition) is 11. The summed E-state index contributed by atoms with van der Waals surface area (Å²) in [5, 5.41) is 1.88. The number of hydrogen-bond donors (Lipinski definition) is 0. The zero-order chi connectivity index (χ0) is 31.7. The number of rotatable bonds is 6. The first-order valence-corrected chi connectivity index (χ1v) is 14.9. The lowest BCUT2D eigenvalue weighted by molar-refractivity contribution is -0.145. The van der Waals surface area contributed by atoms with E-state index in [2.05, 4.69) is 0 Å². The highest BCUT2D eigenvalue weighted by Crippen LogP contribution is 2.34. The fourth-order valence-electron chi connectivity index (χ4n) is 4.52. The summed E-state index contributed by atoms with van der Waals surface area (Å²) >= 11 is 1.41. The van der Waals surface area contributed by atoms with Crippen LogP contribution in [-0.2, 0) is 19.0 Å². The third kappa shape index (κ3) is 7.70. The molecule has 4 heterocycles. The number of carbonyl (C=O) groups excluding carboxylic acids is 3. The van der Waals surface area contributed by atoms with Gasteiger partial charge < -0.3 is 18.9 Å². The van der Waals surface area contributed by atoms with Crippen molar-refractivity contribution in [2.45, 2.75) is 91.2 Å². The smallest absolute Gasteiger partial charge is 0.416 e. The van der Waals surface area contributed by atoms with Crippen LogP contribution in [0, 0.1) is 0 Å². The molecule has 1 aliphatic heterocycles. The van der Waals surface area contributed by atoms with Gasteiger partial charge in [0.2, 0.25) is 5.88 Å². The Kier molecular flexibility index (Phi) is 9.14. The van der Waals surface area contributed by atoms with E-state index in [4.69, 9.17) is 33.9 Å². The lowest BCUT2D eigenvalue weighted by Crippen LogP contribution is -2.44. The topological polar surface area (TPSA) is 133 Å². The van der Waals surface area contributed by atoms with Gasteiger partial charge in [-0.2, -0.15) is 4.98 Å². The second-order valence-corrected chi connectivity index (χ2v) is 13.4. The van der Waals surface area contributed by atoms with E-state index in [-0.39, 0.29) is 19.0 Å². The molecule has 2 amide bonds. The van der Waals surface area contributed by atoms with E-state index in [1.165, 1.54) is 28.2 Å². The van der Waals surface area contributed by atoms with Crippen LogP contribution in [0.25, 0.3) is 21.7 Å². The first-order chi connectivity index (χ1) is 20.1. The summed E-state index contributed by atoms with van der Waals surface area (Å²) in [5.74, 6) is 0.433. The van der Waals surface area contributed by atoms with Crippen LogP contribution in [0.1, 0.15) is 61.8 Å². The van der Waals surface area contributed by atoms with Gasteiger partial charge >= 0.3 is 18.2 Å². The van der Waals surface area contributed by atoms with E-state index in [1.807, 2.05) is 46.1 Å². The van der Waals surface area contributed by atoms with Crippen molar-refractivity contribution in [3.8, 4) is 17.4 Å². The molecule has 3 aromatic rings. The number of anilines is 1. The van der Waals surface area contributed by atoms with Crippen molar-refractivity contribution < 1.29 is 33.3 Å². The summed E-state index contributed by atoms with van der Waals surface area (Å²) in [6.07, 6.45) is -1.50. The molecule has 0 spiro atoms. The number of pyridine rings is 1. The van der Waals surface area contributed by atoms with Crippen molar-refractivity contribution in [1.29, 1.82) is 0 Å². The molecular formula is C30H39N5O7S. The van der Waals surface area contributed by atoms with E-state index >= 15 is 0 Å². The highest BCUT2D eigenvalue weighted by Gasteiger charge is 2.43. The molecule has 232 valence electrons. The minimum atomic E-state index is -0.863. The Morgan fingerprint density at radius 1 is 1.00 bits per heavy atom. The van der Waals surface area contributed by atoms with Crippen LogP contribution in [0.2, 0.25) is 0 Å². The molecule has 1 aliphatic rings. The van der Waals surface area contributed by atoms with Crippen LogP contribution in [0.4, 0.5) is 15.4 Å². The van der Waals surface area contributed by atoms with E-state index < -0.39 is 41.5 Å².